The quantitative estimate of drug-likeness (QED) is 0.864. The Bertz CT molecular complexity index is 521. The van der Waals surface area contributed by atoms with E-state index in [1.165, 1.54) is 16.7 Å². The number of benzene rings is 1. The van der Waals surface area contributed by atoms with Crippen molar-refractivity contribution < 1.29 is 14.7 Å². The van der Waals surface area contributed by atoms with Gasteiger partial charge in [0.25, 0.3) is 5.91 Å². The molecule has 6 heteroatoms. The van der Waals surface area contributed by atoms with Gasteiger partial charge in [0.1, 0.15) is 6.04 Å². The van der Waals surface area contributed by atoms with Gasteiger partial charge in [-0.25, -0.2) is 4.79 Å². The maximum Gasteiger partial charge on any atom is 0.327 e. The van der Waals surface area contributed by atoms with Gasteiger partial charge in [0.05, 0.1) is 17.5 Å². The van der Waals surface area contributed by atoms with Crippen LogP contribution in [0.5, 0.6) is 0 Å². The van der Waals surface area contributed by atoms with Gasteiger partial charge < -0.3 is 10.0 Å². The summed E-state index contributed by atoms with van der Waals surface area (Å²) in [6, 6.07) is 7.39. The van der Waals surface area contributed by atoms with Crippen LogP contribution in [0, 0.1) is 11.3 Å². The van der Waals surface area contributed by atoms with Gasteiger partial charge >= 0.3 is 5.97 Å². The molecule has 1 aliphatic rings. The SMILES string of the molecule is N#Cc1ccc(C(=O)N2CSC[C@H]2C(=O)O)cc1. The zero-order valence-electron chi connectivity index (χ0n) is 9.37. The highest BCUT2D eigenvalue weighted by molar-refractivity contribution is 7.99. The van der Waals surface area contributed by atoms with Crippen LogP contribution in [0.1, 0.15) is 15.9 Å². The Kier molecular flexibility index (Phi) is 3.53. The molecule has 0 saturated carbocycles. The number of carboxylic acid groups (broad SMARTS) is 1. The molecule has 1 aromatic carbocycles. The largest absolute Gasteiger partial charge is 0.480 e. The van der Waals surface area contributed by atoms with E-state index in [1.807, 2.05) is 6.07 Å². The van der Waals surface area contributed by atoms with Gasteiger partial charge in [-0.15, -0.1) is 11.8 Å². The highest BCUT2D eigenvalue weighted by atomic mass is 32.2. The van der Waals surface area contributed by atoms with E-state index in [4.69, 9.17) is 10.4 Å². The molecule has 1 atom stereocenters. The minimum absolute atomic E-state index is 0.308. The molecular weight excluding hydrogens is 252 g/mol. The monoisotopic (exact) mass is 262 g/mol. The first-order chi connectivity index (χ1) is 8.63. The van der Waals surface area contributed by atoms with E-state index in [0.29, 0.717) is 22.8 Å². The van der Waals surface area contributed by atoms with Crippen molar-refractivity contribution in [2.24, 2.45) is 0 Å². The summed E-state index contributed by atoms with van der Waals surface area (Å²) in [7, 11) is 0. The minimum atomic E-state index is -0.984. The third-order valence-electron chi connectivity index (χ3n) is 2.69. The number of nitrogens with zero attached hydrogens (tertiary/aromatic N) is 2. The zero-order valence-corrected chi connectivity index (χ0v) is 10.2. The van der Waals surface area contributed by atoms with Crippen molar-refractivity contribution in [1.29, 1.82) is 5.26 Å². The fraction of sp³-hybridized carbons (Fsp3) is 0.250. The number of hydrogen-bond acceptors (Lipinski definition) is 4. The zero-order chi connectivity index (χ0) is 13.1. The van der Waals surface area contributed by atoms with Crippen molar-refractivity contribution >= 4 is 23.6 Å². The normalized spacial score (nSPS) is 18.4. The molecule has 0 radical (unpaired) electrons. The van der Waals surface area contributed by atoms with Crippen LogP contribution in [0.15, 0.2) is 24.3 Å². The highest BCUT2D eigenvalue weighted by Gasteiger charge is 2.34. The maximum absolute atomic E-state index is 12.1. The molecular formula is C12H10N2O3S. The third kappa shape index (κ3) is 2.31. The number of aliphatic carboxylic acids is 1. The number of hydrogen-bond donors (Lipinski definition) is 1. The molecule has 0 bridgehead atoms. The molecule has 18 heavy (non-hydrogen) atoms. The molecule has 1 aliphatic heterocycles. The Hall–Kier alpha value is -2.00. The van der Waals surface area contributed by atoms with Crippen LogP contribution < -0.4 is 0 Å². The Labute approximate surface area is 108 Å². The van der Waals surface area contributed by atoms with Gasteiger partial charge in [-0.3, -0.25) is 4.79 Å². The molecule has 1 aromatic rings. The van der Waals surface area contributed by atoms with E-state index in [9.17, 15) is 9.59 Å². The Morgan fingerprint density at radius 2 is 2.06 bits per heavy atom. The topological polar surface area (TPSA) is 81.4 Å². The lowest BCUT2D eigenvalue weighted by molar-refractivity contribution is -0.140. The van der Waals surface area contributed by atoms with Crippen LogP contribution in [0.25, 0.3) is 0 Å². The lowest BCUT2D eigenvalue weighted by Gasteiger charge is -2.20. The van der Waals surface area contributed by atoms with Gasteiger partial charge in [0, 0.05) is 11.3 Å². The van der Waals surface area contributed by atoms with Crippen LogP contribution in [0.4, 0.5) is 0 Å². The molecule has 0 aromatic heterocycles. The van der Waals surface area contributed by atoms with Crippen LogP contribution in [0.2, 0.25) is 0 Å². The van der Waals surface area contributed by atoms with Crippen molar-refractivity contribution in [3.63, 3.8) is 0 Å². The summed E-state index contributed by atoms with van der Waals surface area (Å²) in [5.41, 5.74) is 0.875. The summed E-state index contributed by atoms with van der Waals surface area (Å²) < 4.78 is 0. The third-order valence-corrected chi connectivity index (χ3v) is 3.70. The van der Waals surface area contributed by atoms with Crippen molar-refractivity contribution in [3.05, 3.63) is 35.4 Å². The summed E-state index contributed by atoms with van der Waals surface area (Å²) in [5, 5.41) is 17.7. The second kappa shape index (κ2) is 5.10. The second-order valence-corrected chi connectivity index (χ2v) is 4.82. The fourth-order valence-corrected chi connectivity index (χ4v) is 2.85. The highest BCUT2D eigenvalue weighted by Crippen LogP contribution is 2.23. The molecule has 92 valence electrons. The molecule has 1 heterocycles. The summed E-state index contributed by atoms with van der Waals surface area (Å²) >= 11 is 1.42. The first-order valence-electron chi connectivity index (χ1n) is 5.25. The Balaban J connectivity index is 2.20. The average Bonchev–Trinajstić information content (AvgIpc) is 2.87. The lowest BCUT2D eigenvalue weighted by Crippen LogP contribution is -2.41. The molecule has 1 amide bonds. The number of carboxylic acids is 1. The summed E-state index contributed by atoms with van der Waals surface area (Å²) in [5.74, 6) is -0.494. The van der Waals surface area contributed by atoms with Gasteiger partial charge in [0.15, 0.2) is 0 Å². The first kappa shape index (κ1) is 12.5. The van der Waals surface area contributed by atoms with Crippen LogP contribution in [-0.2, 0) is 4.79 Å². The molecule has 1 saturated heterocycles. The number of carbonyl (C=O) groups excluding carboxylic acids is 1. The summed E-state index contributed by atoms with van der Waals surface area (Å²) in [6.45, 7) is 0. The molecule has 0 aliphatic carbocycles. The van der Waals surface area contributed by atoms with Crippen LogP contribution in [-0.4, -0.2) is 39.6 Å². The standard InChI is InChI=1S/C12H10N2O3S/c13-5-8-1-3-9(4-2-8)11(15)14-7-18-6-10(14)12(16)17/h1-4,10H,6-7H2,(H,16,17)/t10-/m0/s1. The predicted octanol–water partition coefficient (Wildman–Crippen LogP) is 1.16. The van der Waals surface area contributed by atoms with Gasteiger partial charge in [-0.1, -0.05) is 0 Å². The molecule has 1 fully saturated rings. The van der Waals surface area contributed by atoms with Crippen molar-refractivity contribution in [3.8, 4) is 6.07 Å². The second-order valence-electron chi connectivity index (χ2n) is 3.82. The Morgan fingerprint density at radius 3 is 2.61 bits per heavy atom. The van der Waals surface area contributed by atoms with Gasteiger partial charge in [0.2, 0.25) is 0 Å². The number of carbonyl (C=O) groups is 2. The molecule has 5 nitrogen and oxygen atoms in total. The Morgan fingerprint density at radius 1 is 1.39 bits per heavy atom. The summed E-state index contributed by atoms with van der Waals surface area (Å²) in [6.07, 6.45) is 0. The molecule has 0 spiro atoms. The van der Waals surface area contributed by atoms with Gasteiger partial charge in [-0.05, 0) is 24.3 Å². The number of rotatable bonds is 2. The first-order valence-corrected chi connectivity index (χ1v) is 6.40. The number of amides is 1. The van der Waals surface area contributed by atoms with E-state index >= 15 is 0 Å². The molecule has 1 N–H and O–H groups in total. The predicted molar refractivity (Wildman–Crippen MR) is 66.1 cm³/mol. The minimum Gasteiger partial charge on any atom is -0.480 e. The number of thioether (sulfide) groups is 1. The summed E-state index contributed by atoms with van der Waals surface area (Å²) in [4.78, 5) is 24.5. The van der Waals surface area contributed by atoms with E-state index in [-0.39, 0.29) is 5.91 Å². The molecule has 2 rings (SSSR count). The van der Waals surface area contributed by atoms with Crippen molar-refractivity contribution in [1.82, 2.24) is 4.90 Å². The fourth-order valence-electron chi connectivity index (χ4n) is 1.70. The smallest absolute Gasteiger partial charge is 0.327 e. The van der Waals surface area contributed by atoms with Crippen molar-refractivity contribution in [2.45, 2.75) is 6.04 Å². The average molecular weight is 262 g/mol. The van der Waals surface area contributed by atoms with Crippen LogP contribution in [0.3, 0.4) is 0 Å². The maximum atomic E-state index is 12.1. The van der Waals surface area contributed by atoms with Gasteiger partial charge in [-0.2, -0.15) is 5.26 Å². The van der Waals surface area contributed by atoms with Crippen molar-refractivity contribution in [2.75, 3.05) is 11.6 Å². The van der Waals surface area contributed by atoms with E-state index in [2.05, 4.69) is 0 Å². The van der Waals surface area contributed by atoms with Crippen LogP contribution >= 0.6 is 11.8 Å². The molecule has 0 unspecified atom stereocenters. The van der Waals surface area contributed by atoms with E-state index in [1.54, 1.807) is 24.3 Å². The lowest BCUT2D eigenvalue weighted by atomic mass is 10.1. The number of nitriles is 1. The van der Waals surface area contributed by atoms with E-state index in [0.717, 1.165) is 0 Å². The van der Waals surface area contributed by atoms with E-state index < -0.39 is 12.0 Å².